The molecule has 1 atom stereocenters. The SMILES string of the molecule is Cl.Cn1cnc2ccc(-c3ccc(C[C@H](N)C(=O)N(c4ccc(-c5nn[nH]n5)cc4)C(=O)[C@H]4CC[C@H](CN)CC4)cc3)cc21. The predicted molar refractivity (Wildman–Crippen MR) is 172 cm³/mol. The number of hydrogen-bond acceptors (Lipinski definition) is 8. The van der Waals surface area contributed by atoms with Gasteiger partial charge in [0, 0.05) is 18.5 Å². The number of fused-ring (bicyclic) bond motifs is 1. The Bertz CT molecular complexity index is 1710. The second-order valence-corrected chi connectivity index (χ2v) is 11.3. The molecular formula is C32H36ClN9O2. The van der Waals surface area contributed by atoms with Crippen LogP contribution in [0.1, 0.15) is 31.2 Å². The molecule has 5 N–H and O–H groups in total. The number of halogens is 1. The first-order valence-corrected chi connectivity index (χ1v) is 14.6. The van der Waals surface area contributed by atoms with Gasteiger partial charge < -0.3 is 16.0 Å². The zero-order chi connectivity index (χ0) is 29.9. The Morgan fingerprint density at radius 3 is 2.32 bits per heavy atom. The van der Waals surface area contributed by atoms with Crippen LogP contribution in [0, 0.1) is 11.8 Å². The van der Waals surface area contributed by atoms with Crippen LogP contribution >= 0.6 is 12.4 Å². The summed E-state index contributed by atoms with van der Waals surface area (Å²) in [7, 11) is 1.97. The number of nitrogens with one attached hydrogen (secondary N) is 1. The lowest BCUT2D eigenvalue weighted by atomic mass is 9.81. The van der Waals surface area contributed by atoms with Gasteiger partial charge in [-0.25, -0.2) is 9.88 Å². The molecule has 0 unspecified atom stereocenters. The van der Waals surface area contributed by atoms with Crippen molar-refractivity contribution >= 4 is 40.9 Å². The minimum absolute atomic E-state index is 0. The van der Waals surface area contributed by atoms with Crippen molar-refractivity contribution in [3.8, 4) is 22.5 Å². The average Bonchev–Trinajstić information content (AvgIpc) is 3.72. The summed E-state index contributed by atoms with van der Waals surface area (Å²) in [6.07, 6.45) is 5.25. The lowest BCUT2D eigenvalue weighted by Gasteiger charge is -2.32. The van der Waals surface area contributed by atoms with Crippen molar-refractivity contribution < 1.29 is 9.59 Å². The van der Waals surface area contributed by atoms with Crippen LogP contribution in [0.3, 0.4) is 0 Å². The zero-order valence-electron chi connectivity index (χ0n) is 24.5. The highest BCUT2D eigenvalue weighted by atomic mass is 35.5. The minimum Gasteiger partial charge on any atom is -0.334 e. The van der Waals surface area contributed by atoms with E-state index >= 15 is 0 Å². The molecule has 0 bridgehead atoms. The number of aromatic amines is 1. The van der Waals surface area contributed by atoms with Gasteiger partial charge in [0.25, 0.3) is 5.91 Å². The second-order valence-electron chi connectivity index (χ2n) is 11.3. The lowest BCUT2D eigenvalue weighted by Crippen LogP contribution is -2.50. The number of aromatic nitrogens is 6. The molecule has 2 heterocycles. The number of imide groups is 1. The first-order chi connectivity index (χ1) is 20.9. The Morgan fingerprint density at radius 1 is 0.977 bits per heavy atom. The predicted octanol–water partition coefficient (Wildman–Crippen LogP) is 4.04. The molecule has 0 radical (unpaired) electrons. The molecule has 5 aromatic rings. The Labute approximate surface area is 261 Å². The first-order valence-electron chi connectivity index (χ1n) is 14.6. The van der Waals surface area contributed by atoms with Crippen molar-refractivity contribution in [2.75, 3.05) is 11.4 Å². The van der Waals surface area contributed by atoms with Crippen LogP contribution in [0.5, 0.6) is 0 Å². The second kappa shape index (κ2) is 13.5. The fourth-order valence-corrected chi connectivity index (χ4v) is 5.88. The Hall–Kier alpha value is -4.45. The van der Waals surface area contributed by atoms with E-state index in [2.05, 4.69) is 31.7 Å². The van der Waals surface area contributed by atoms with E-state index in [1.165, 1.54) is 4.90 Å². The Kier molecular flexibility index (Phi) is 9.48. The van der Waals surface area contributed by atoms with E-state index in [4.69, 9.17) is 11.5 Å². The van der Waals surface area contributed by atoms with Gasteiger partial charge in [-0.15, -0.1) is 22.6 Å². The van der Waals surface area contributed by atoms with E-state index in [1.807, 2.05) is 48.0 Å². The fraction of sp³-hybridized carbons (Fsp3) is 0.312. The van der Waals surface area contributed by atoms with Crippen molar-refractivity contribution in [3.05, 3.63) is 78.6 Å². The van der Waals surface area contributed by atoms with E-state index in [9.17, 15) is 9.59 Å². The van der Waals surface area contributed by atoms with Crippen molar-refractivity contribution in [2.24, 2.45) is 30.4 Å². The van der Waals surface area contributed by atoms with E-state index in [1.54, 1.807) is 30.6 Å². The topological polar surface area (TPSA) is 162 Å². The summed E-state index contributed by atoms with van der Waals surface area (Å²) in [5, 5.41) is 14.0. The molecule has 44 heavy (non-hydrogen) atoms. The quantitative estimate of drug-likeness (QED) is 0.236. The van der Waals surface area contributed by atoms with Crippen LogP contribution in [0.25, 0.3) is 33.5 Å². The van der Waals surface area contributed by atoms with Crippen molar-refractivity contribution in [3.63, 3.8) is 0 Å². The number of carbonyl (C=O) groups excluding carboxylic acids is 2. The van der Waals surface area contributed by atoms with Gasteiger partial charge in [0.05, 0.1) is 29.1 Å². The van der Waals surface area contributed by atoms with Gasteiger partial charge in [0.15, 0.2) is 0 Å². The van der Waals surface area contributed by atoms with Crippen LogP contribution in [-0.2, 0) is 23.1 Å². The van der Waals surface area contributed by atoms with Crippen LogP contribution in [0.2, 0.25) is 0 Å². The van der Waals surface area contributed by atoms with E-state index in [0.29, 0.717) is 48.8 Å². The first kappa shape index (κ1) is 31.0. The molecule has 6 rings (SSSR count). The molecule has 0 spiro atoms. The molecule has 12 heteroatoms. The summed E-state index contributed by atoms with van der Waals surface area (Å²) in [5.41, 5.74) is 18.6. The summed E-state index contributed by atoms with van der Waals surface area (Å²) in [6.45, 7) is 0.614. The summed E-state index contributed by atoms with van der Waals surface area (Å²) < 4.78 is 1.99. The molecule has 1 aliphatic rings. The van der Waals surface area contributed by atoms with Gasteiger partial charge >= 0.3 is 0 Å². The van der Waals surface area contributed by atoms with Gasteiger partial charge in [-0.3, -0.25) is 9.59 Å². The van der Waals surface area contributed by atoms with Gasteiger partial charge in [-0.1, -0.05) is 30.3 Å². The van der Waals surface area contributed by atoms with E-state index in [0.717, 1.165) is 40.6 Å². The number of imidazole rings is 1. The molecule has 1 saturated carbocycles. The van der Waals surface area contributed by atoms with Crippen LogP contribution in [0.4, 0.5) is 5.69 Å². The molecular weight excluding hydrogens is 578 g/mol. The third kappa shape index (κ3) is 6.40. The molecule has 0 saturated heterocycles. The molecule has 2 aromatic heterocycles. The molecule has 3 aromatic carbocycles. The van der Waals surface area contributed by atoms with Crippen molar-refractivity contribution in [1.82, 2.24) is 30.2 Å². The lowest BCUT2D eigenvalue weighted by molar-refractivity contribution is -0.130. The number of rotatable bonds is 8. The van der Waals surface area contributed by atoms with Crippen LogP contribution in [0.15, 0.2) is 73.1 Å². The van der Waals surface area contributed by atoms with Gasteiger partial charge in [0.2, 0.25) is 11.7 Å². The molecule has 1 fully saturated rings. The smallest absolute Gasteiger partial charge is 0.251 e. The molecule has 228 valence electrons. The number of amides is 2. The number of benzene rings is 3. The van der Waals surface area contributed by atoms with Crippen LogP contribution < -0.4 is 16.4 Å². The minimum atomic E-state index is -0.905. The standard InChI is InChI=1S/C32H35N9O2.ClH/c1-40-19-35-28-15-12-25(17-29(28)40)22-6-2-20(3-7-22)16-27(34)32(43)41(31(42)24-8-4-21(18-33)5-9-24)26-13-10-23(11-14-26)30-36-38-39-37-30;/h2-3,6-7,10-15,17,19,21,24,27H,4-5,8-9,16,18,33-34H2,1H3,(H,36,37,38,39);1H/t21-,24-,27-;/m0./s1. The highest BCUT2D eigenvalue weighted by molar-refractivity contribution is 6.17. The molecule has 0 aliphatic heterocycles. The van der Waals surface area contributed by atoms with Gasteiger partial charge in [-0.2, -0.15) is 5.21 Å². The normalized spacial score (nSPS) is 17.2. The summed E-state index contributed by atoms with van der Waals surface area (Å²) in [4.78, 5) is 33.4. The molecule has 2 amide bonds. The van der Waals surface area contributed by atoms with Crippen molar-refractivity contribution in [1.29, 1.82) is 0 Å². The monoisotopic (exact) mass is 613 g/mol. The maximum absolute atomic E-state index is 13.9. The highest BCUT2D eigenvalue weighted by Gasteiger charge is 2.35. The number of carbonyl (C=O) groups is 2. The number of aryl methyl sites for hydroxylation is 1. The third-order valence-corrected chi connectivity index (χ3v) is 8.48. The van der Waals surface area contributed by atoms with Gasteiger partial charge in [0.1, 0.15) is 0 Å². The van der Waals surface area contributed by atoms with E-state index in [-0.39, 0.29) is 24.2 Å². The summed E-state index contributed by atoms with van der Waals surface area (Å²) in [6, 6.07) is 20.3. The number of nitrogens with zero attached hydrogens (tertiary/aromatic N) is 6. The summed E-state index contributed by atoms with van der Waals surface area (Å²) in [5.74, 6) is -0.0602. The van der Waals surface area contributed by atoms with Crippen molar-refractivity contribution in [2.45, 2.75) is 38.1 Å². The fourth-order valence-electron chi connectivity index (χ4n) is 5.88. The molecule has 1 aliphatic carbocycles. The number of anilines is 1. The van der Waals surface area contributed by atoms with Gasteiger partial charge in [-0.05, 0) is 103 Å². The number of tetrazole rings is 1. The number of hydrogen-bond donors (Lipinski definition) is 3. The zero-order valence-corrected chi connectivity index (χ0v) is 25.3. The number of nitrogens with two attached hydrogens (primary N) is 2. The van der Waals surface area contributed by atoms with Crippen LogP contribution in [-0.4, -0.2) is 54.6 Å². The number of H-pyrrole nitrogens is 1. The summed E-state index contributed by atoms with van der Waals surface area (Å²) >= 11 is 0. The Balaban J connectivity index is 0.00000384. The third-order valence-electron chi connectivity index (χ3n) is 8.48. The maximum Gasteiger partial charge on any atom is 0.251 e. The maximum atomic E-state index is 13.9. The van der Waals surface area contributed by atoms with E-state index < -0.39 is 11.9 Å². The average molecular weight is 614 g/mol. The Morgan fingerprint density at radius 2 is 1.66 bits per heavy atom. The molecule has 11 nitrogen and oxygen atoms in total. The highest BCUT2D eigenvalue weighted by Crippen LogP contribution is 2.32. The largest absolute Gasteiger partial charge is 0.334 e.